The number of fused-ring (bicyclic) bond motifs is 1. The van der Waals surface area contributed by atoms with Crippen LogP contribution >= 0.6 is 11.8 Å². The van der Waals surface area contributed by atoms with Crippen LogP contribution in [-0.2, 0) is 13.0 Å². The number of aryl methyl sites for hydroxylation is 1. The lowest BCUT2D eigenvalue weighted by Crippen LogP contribution is -2.25. The Bertz CT molecular complexity index is 338. The summed E-state index contributed by atoms with van der Waals surface area (Å²) < 4.78 is 0. The van der Waals surface area contributed by atoms with Crippen molar-refractivity contribution >= 4 is 11.8 Å². The average molecular weight is 222 g/mol. The topological polar surface area (TPSA) is 29.3 Å². The zero-order valence-electron chi connectivity index (χ0n) is 9.20. The second-order valence-electron chi connectivity index (χ2n) is 4.09. The highest BCUT2D eigenvalue weighted by atomic mass is 32.2. The Morgan fingerprint density at radius 2 is 2.33 bits per heavy atom. The maximum atomic E-state index is 5.58. The van der Waals surface area contributed by atoms with Gasteiger partial charge in [-0.15, -0.1) is 11.8 Å². The van der Waals surface area contributed by atoms with Gasteiger partial charge < -0.3 is 5.73 Å². The van der Waals surface area contributed by atoms with Crippen molar-refractivity contribution in [2.24, 2.45) is 5.73 Å². The minimum absolute atomic E-state index is 0.617. The lowest BCUT2D eigenvalue weighted by Gasteiger charge is -2.18. The lowest BCUT2D eigenvalue weighted by atomic mass is 10.1. The summed E-state index contributed by atoms with van der Waals surface area (Å²) in [5.74, 6) is 1.27. The molecule has 0 saturated heterocycles. The quantitative estimate of drug-likeness (QED) is 0.794. The van der Waals surface area contributed by atoms with Gasteiger partial charge in [0.25, 0.3) is 0 Å². The number of benzene rings is 1. The van der Waals surface area contributed by atoms with E-state index in [0.717, 1.165) is 6.54 Å². The molecule has 2 N–H and O–H groups in total. The van der Waals surface area contributed by atoms with Crippen LogP contribution in [0, 0.1) is 0 Å². The third kappa shape index (κ3) is 2.74. The first kappa shape index (κ1) is 11.0. The number of hydrogen-bond donors (Lipinski definition) is 1. The van der Waals surface area contributed by atoms with E-state index in [-0.39, 0.29) is 0 Å². The molecule has 0 unspecified atom stereocenters. The van der Waals surface area contributed by atoms with Gasteiger partial charge in [-0.05, 0) is 42.8 Å². The van der Waals surface area contributed by atoms with Gasteiger partial charge in [-0.3, -0.25) is 4.90 Å². The summed E-state index contributed by atoms with van der Waals surface area (Å²) in [6.07, 6.45) is 2.55. The lowest BCUT2D eigenvalue weighted by molar-refractivity contribution is 0.337. The minimum Gasteiger partial charge on any atom is -0.318 e. The van der Waals surface area contributed by atoms with Crippen molar-refractivity contribution < 1.29 is 0 Å². The maximum Gasteiger partial charge on any atom is 0.0455 e. The van der Waals surface area contributed by atoms with E-state index in [0.29, 0.717) is 6.67 Å². The SMILES string of the molecule is CN(CN)Cc1ccc2c(c1)CCCS2. The van der Waals surface area contributed by atoms with Crippen molar-refractivity contribution in [3.8, 4) is 0 Å². The van der Waals surface area contributed by atoms with Gasteiger partial charge in [-0.25, -0.2) is 0 Å². The highest BCUT2D eigenvalue weighted by Gasteiger charge is 2.10. The first-order valence-corrected chi connectivity index (χ1v) is 6.41. The Balaban J connectivity index is 2.13. The van der Waals surface area contributed by atoms with Crippen molar-refractivity contribution in [3.63, 3.8) is 0 Å². The second-order valence-corrected chi connectivity index (χ2v) is 5.23. The van der Waals surface area contributed by atoms with Gasteiger partial charge in [0, 0.05) is 18.1 Å². The second kappa shape index (κ2) is 5.01. The van der Waals surface area contributed by atoms with E-state index < -0.39 is 0 Å². The Labute approximate surface area is 95.8 Å². The van der Waals surface area contributed by atoms with Crippen LogP contribution in [0.5, 0.6) is 0 Å². The molecule has 0 fully saturated rings. The molecule has 0 aliphatic carbocycles. The fourth-order valence-corrected chi connectivity index (χ4v) is 2.91. The molecule has 1 aliphatic heterocycles. The highest BCUT2D eigenvalue weighted by Crippen LogP contribution is 2.30. The molecule has 0 atom stereocenters. The zero-order valence-corrected chi connectivity index (χ0v) is 10.0. The maximum absolute atomic E-state index is 5.58. The van der Waals surface area contributed by atoms with Gasteiger partial charge in [0.05, 0.1) is 0 Å². The van der Waals surface area contributed by atoms with E-state index in [1.807, 2.05) is 18.8 Å². The molecule has 0 aromatic heterocycles. The molecule has 1 heterocycles. The van der Waals surface area contributed by atoms with Gasteiger partial charge in [-0.2, -0.15) is 0 Å². The third-order valence-electron chi connectivity index (χ3n) is 2.74. The molecular formula is C12H18N2S. The van der Waals surface area contributed by atoms with E-state index in [1.54, 1.807) is 0 Å². The van der Waals surface area contributed by atoms with Gasteiger partial charge in [0.1, 0.15) is 0 Å². The summed E-state index contributed by atoms with van der Waals surface area (Å²) in [5, 5.41) is 0. The molecular weight excluding hydrogens is 204 g/mol. The summed E-state index contributed by atoms with van der Waals surface area (Å²) in [6, 6.07) is 6.83. The van der Waals surface area contributed by atoms with E-state index in [9.17, 15) is 0 Å². The van der Waals surface area contributed by atoms with E-state index >= 15 is 0 Å². The van der Waals surface area contributed by atoms with Crippen molar-refractivity contribution in [2.45, 2.75) is 24.3 Å². The number of hydrogen-bond acceptors (Lipinski definition) is 3. The molecule has 2 rings (SSSR count). The molecule has 1 aliphatic rings. The van der Waals surface area contributed by atoms with Crippen LogP contribution in [0.25, 0.3) is 0 Å². The Hall–Kier alpha value is -0.510. The molecule has 0 saturated carbocycles. The fraction of sp³-hybridized carbons (Fsp3) is 0.500. The van der Waals surface area contributed by atoms with Crippen LogP contribution < -0.4 is 5.73 Å². The Morgan fingerprint density at radius 1 is 1.47 bits per heavy atom. The molecule has 2 nitrogen and oxygen atoms in total. The molecule has 1 aromatic carbocycles. The normalized spacial score (nSPS) is 15.4. The number of nitrogens with two attached hydrogens (primary N) is 1. The van der Waals surface area contributed by atoms with E-state index in [2.05, 4.69) is 23.1 Å². The third-order valence-corrected chi connectivity index (χ3v) is 3.94. The Morgan fingerprint density at radius 3 is 3.13 bits per heavy atom. The monoisotopic (exact) mass is 222 g/mol. The van der Waals surface area contributed by atoms with Crippen molar-refractivity contribution in [2.75, 3.05) is 19.5 Å². The zero-order chi connectivity index (χ0) is 10.7. The molecule has 0 spiro atoms. The van der Waals surface area contributed by atoms with Gasteiger partial charge in [0.15, 0.2) is 0 Å². The van der Waals surface area contributed by atoms with Crippen LogP contribution in [0.2, 0.25) is 0 Å². The van der Waals surface area contributed by atoms with Crippen molar-refractivity contribution in [1.29, 1.82) is 0 Å². The molecule has 0 amide bonds. The van der Waals surface area contributed by atoms with E-state index in [1.165, 1.54) is 34.6 Å². The van der Waals surface area contributed by atoms with Crippen LogP contribution in [0.4, 0.5) is 0 Å². The van der Waals surface area contributed by atoms with E-state index in [4.69, 9.17) is 5.73 Å². The van der Waals surface area contributed by atoms with Gasteiger partial charge >= 0.3 is 0 Å². The summed E-state index contributed by atoms with van der Waals surface area (Å²) in [5.41, 5.74) is 8.48. The van der Waals surface area contributed by atoms with Crippen LogP contribution in [0.3, 0.4) is 0 Å². The molecule has 82 valence electrons. The predicted octanol–water partition coefficient (Wildman–Crippen LogP) is 2.07. The average Bonchev–Trinajstić information content (AvgIpc) is 2.29. The van der Waals surface area contributed by atoms with Gasteiger partial charge in [0.2, 0.25) is 0 Å². The summed E-state index contributed by atoms with van der Waals surface area (Å²) in [4.78, 5) is 3.60. The molecule has 15 heavy (non-hydrogen) atoms. The van der Waals surface area contributed by atoms with Gasteiger partial charge in [-0.1, -0.05) is 12.1 Å². The van der Waals surface area contributed by atoms with Crippen molar-refractivity contribution in [1.82, 2.24) is 4.90 Å². The smallest absolute Gasteiger partial charge is 0.0455 e. The molecule has 0 bridgehead atoms. The Kier molecular flexibility index (Phi) is 3.67. The van der Waals surface area contributed by atoms with Crippen LogP contribution in [-0.4, -0.2) is 24.4 Å². The first-order valence-electron chi connectivity index (χ1n) is 5.43. The molecule has 0 radical (unpaired) electrons. The molecule has 3 heteroatoms. The van der Waals surface area contributed by atoms with Crippen LogP contribution in [0.1, 0.15) is 17.5 Å². The van der Waals surface area contributed by atoms with Crippen molar-refractivity contribution in [3.05, 3.63) is 29.3 Å². The number of thioether (sulfide) groups is 1. The summed E-state index contributed by atoms with van der Waals surface area (Å²) in [6.45, 7) is 1.57. The fourth-order valence-electron chi connectivity index (χ4n) is 1.89. The number of nitrogens with zero attached hydrogens (tertiary/aromatic N) is 1. The molecule has 1 aromatic rings. The number of rotatable bonds is 3. The summed E-state index contributed by atoms with van der Waals surface area (Å²) >= 11 is 1.98. The van der Waals surface area contributed by atoms with Crippen LogP contribution in [0.15, 0.2) is 23.1 Å². The summed E-state index contributed by atoms with van der Waals surface area (Å²) in [7, 11) is 2.05. The standard InChI is InChI=1S/C12H18N2S/c1-14(9-13)8-10-4-5-12-11(7-10)3-2-6-15-12/h4-5,7H,2-3,6,8-9,13H2,1H3. The first-order chi connectivity index (χ1) is 7.29. The minimum atomic E-state index is 0.617. The largest absolute Gasteiger partial charge is 0.318 e. The highest BCUT2D eigenvalue weighted by molar-refractivity contribution is 7.99. The predicted molar refractivity (Wildman–Crippen MR) is 66.0 cm³/mol.